The number of amides is 1. The number of anilines is 1. The molecule has 2 rings (SSSR count). The molecule has 0 fully saturated rings. The zero-order valence-corrected chi connectivity index (χ0v) is 13.4. The summed E-state index contributed by atoms with van der Waals surface area (Å²) in [5.41, 5.74) is 2.06. The molecule has 23 heavy (non-hydrogen) atoms. The first-order valence-electron chi connectivity index (χ1n) is 7.64. The lowest BCUT2D eigenvalue weighted by Crippen LogP contribution is -2.15. The van der Waals surface area contributed by atoms with Crippen molar-refractivity contribution in [1.29, 1.82) is 0 Å². The van der Waals surface area contributed by atoms with Gasteiger partial charge < -0.3 is 10.1 Å². The van der Waals surface area contributed by atoms with E-state index < -0.39 is 0 Å². The summed E-state index contributed by atoms with van der Waals surface area (Å²) < 4.78 is 5.80. The van der Waals surface area contributed by atoms with Gasteiger partial charge in [0.1, 0.15) is 18.6 Å². The van der Waals surface area contributed by atoms with E-state index in [0.717, 1.165) is 11.8 Å². The normalized spacial score (nSPS) is 10.4. The average molecular weight is 311 g/mol. The molecule has 0 heterocycles. The maximum absolute atomic E-state index is 12.0. The number of hydrogen-bond donors (Lipinski definition) is 1. The van der Waals surface area contributed by atoms with Crippen molar-refractivity contribution in [2.75, 3.05) is 5.32 Å². The Balaban J connectivity index is 2.14. The topological polar surface area (TPSA) is 55.4 Å². The minimum Gasteiger partial charge on any atom is -0.487 e. The molecule has 0 bridgehead atoms. The number of carbonyl (C=O) groups excluding carboxylic acids is 2. The van der Waals surface area contributed by atoms with Gasteiger partial charge >= 0.3 is 0 Å². The Bertz CT molecular complexity index is 666. The van der Waals surface area contributed by atoms with E-state index in [1.54, 1.807) is 18.2 Å². The van der Waals surface area contributed by atoms with Gasteiger partial charge in [0.15, 0.2) is 0 Å². The highest BCUT2D eigenvalue weighted by Crippen LogP contribution is 2.27. The summed E-state index contributed by atoms with van der Waals surface area (Å²) in [6.45, 7) is 4.36. The SMILES string of the molecule is CC(C)CC(=O)Nc1cc(C=O)ccc1OCc1ccccc1. The van der Waals surface area contributed by atoms with E-state index in [-0.39, 0.29) is 11.8 Å². The van der Waals surface area contributed by atoms with E-state index in [2.05, 4.69) is 5.32 Å². The van der Waals surface area contributed by atoms with E-state index in [1.807, 2.05) is 44.2 Å². The Morgan fingerprint density at radius 1 is 1.17 bits per heavy atom. The van der Waals surface area contributed by atoms with Crippen LogP contribution in [0.1, 0.15) is 36.2 Å². The van der Waals surface area contributed by atoms with Crippen LogP contribution in [0.25, 0.3) is 0 Å². The zero-order valence-electron chi connectivity index (χ0n) is 13.4. The molecule has 0 saturated heterocycles. The molecular formula is C19H21NO3. The summed E-state index contributed by atoms with van der Waals surface area (Å²) in [4.78, 5) is 23.0. The number of rotatable bonds is 7. The molecule has 0 aliphatic rings. The van der Waals surface area contributed by atoms with Crippen LogP contribution in [0.2, 0.25) is 0 Å². The zero-order chi connectivity index (χ0) is 16.7. The fraction of sp³-hybridized carbons (Fsp3) is 0.263. The summed E-state index contributed by atoms with van der Waals surface area (Å²) in [6, 6.07) is 14.8. The van der Waals surface area contributed by atoms with E-state index in [4.69, 9.17) is 4.74 Å². The van der Waals surface area contributed by atoms with Crippen LogP contribution in [0.15, 0.2) is 48.5 Å². The van der Waals surface area contributed by atoms with E-state index in [9.17, 15) is 9.59 Å². The van der Waals surface area contributed by atoms with E-state index in [1.165, 1.54) is 0 Å². The third-order valence-corrected chi connectivity index (χ3v) is 3.24. The molecule has 0 aliphatic carbocycles. The quantitative estimate of drug-likeness (QED) is 0.784. The highest BCUT2D eigenvalue weighted by atomic mass is 16.5. The monoisotopic (exact) mass is 311 g/mol. The molecule has 4 heteroatoms. The molecule has 120 valence electrons. The third-order valence-electron chi connectivity index (χ3n) is 3.24. The van der Waals surface area contributed by atoms with E-state index in [0.29, 0.717) is 30.0 Å². The lowest BCUT2D eigenvalue weighted by molar-refractivity contribution is -0.116. The highest BCUT2D eigenvalue weighted by Gasteiger charge is 2.11. The number of nitrogens with one attached hydrogen (secondary N) is 1. The highest BCUT2D eigenvalue weighted by molar-refractivity contribution is 5.93. The van der Waals surface area contributed by atoms with Gasteiger partial charge in [0, 0.05) is 12.0 Å². The second-order valence-corrected chi connectivity index (χ2v) is 5.79. The van der Waals surface area contributed by atoms with Gasteiger partial charge in [0.2, 0.25) is 5.91 Å². The van der Waals surface area contributed by atoms with Crippen molar-refractivity contribution in [2.24, 2.45) is 5.92 Å². The fourth-order valence-electron chi connectivity index (χ4n) is 2.15. The smallest absolute Gasteiger partial charge is 0.224 e. The second kappa shape index (κ2) is 8.13. The van der Waals surface area contributed by atoms with Crippen molar-refractivity contribution in [3.63, 3.8) is 0 Å². The third kappa shape index (κ3) is 5.25. The van der Waals surface area contributed by atoms with Crippen LogP contribution in [0.4, 0.5) is 5.69 Å². The largest absolute Gasteiger partial charge is 0.487 e. The molecule has 0 spiro atoms. The van der Waals surface area contributed by atoms with Gasteiger partial charge in [0.05, 0.1) is 5.69 Å². The van der Waals surface area contributed by atoms with Crippen LogP contribution in [0, 0.1) is 5.92 Å². The van der Waals surface area contributed by atoms with Crippen molar-refractivity contribution >= 4 is 17.9 Å². The van der Waals surface area contributed by atoms with Gasteiger partial charge in [-0.25, -0.2) is 0 Å². The van der Waals surface area contributed by atoms with Crippen molar-refractivity contribution in [1.82, 2.24) is 0 Å². The predicted molar refractivity (Wildman–Crippen MR) is 90.7 cm³/mol. The number of benzene rings is 2. The first-order valence-corrected chi connectivity index (χ1v) is 7.64. The maximum Gasteiger partial charge on any atom is 0.224 e. The Morgan fingerprint density at radius 2 is 1.91 bits per heavy atom. The molecular weight excluding hydrogens is 290 g/mol. The van der Waals surface area contributed by atoms with Crippen LogP contribution in [0.3, 0.4) is 0 Å². The Morgan fingerprint density at radius 3 is 2.57 bits per heavy atom. The van der Waals surface area contributed by atoms with Crippen molar-refractivity contribution in [3.8, 4) is 5.75 Å². The van der Waals surface area contributed by atoms with Crippen LogP contribution in [-0.2, 0) is 11.4 Å². The summed E-state index contributed by atoms with van der Waals surface area (Å²) in [5, 5.41) is 2.83. The van der Waals surface area contributed by atoms with Crippen LogP contribution >= 0.6 is 0 Å². The maximum atomic E-state index is 12.0. The molecule has 0 aliphatic heterocycles. The lowest BCUT2D eigenvalue weighted by Gasteiger charge is -2.14. The average Bonchev–Trinajstić information content (AvgIpc) is 2.53. The standard InChI is InChI=1S/C19H21NO3/c1-14(2)10-19(22)20-17-11-16(12-21)8-9-18(17)23-13-15-6-4-3-5-7-15/h3-9,11-12,14H,10,13H2,1-2H3,(H,20,22). The summed E-state index contributed by atoms with van der Waals surface area (Å²) >= 11 is 0. The minimum absolute atomic E-state index is 0.0902. The summed E-state index contributed by atoms with van der Waals surface area (Å²) in [5.74, 6) is 0.724. The molecule has 2 aromatic rings. The number of hydrogen-bond acceptors (Lipinski definition) is 3. The first-order chi connectivity index (χ1) is 11.1. The van der Waals surface area contributed by atoms with Gasteiger partial charge in [-0.2, -0.15) is 0 Å². The van der Waals surface area contributed by atoms with E-state index >= 15 is 0 Å². The van der Waals surface area contributed by atoms with Gasteiger partial charge in [-0.3, -0.25) is 9.59 Å². The molecule has 0 unspecified atom stereocenters. The molecule has 1 amide bonds. The van der Waals surface area contributed by atoms with Crippen molar-refractivity contribution < 1.29 is 14.3 Å². The van der Waals surface area contributed by atoms with Crippen molar-refractivity contribution in [2.45, 2.75) is 26.9 Å². The van der Waals surface area contributed by atoms with Crippen LogP contribution in [0.5, 0.6) is 5.75 Å². The van der Waals surface area contributed by atoms with Crippen LogP contribution < -0.4 is 10.1 Å². The molecule has 2 aromatic carbocycles. The lowest BCUT2D eigenvalue weighted by atomic mass is 10.1. The van der Waals surface area contributed by atoms with Gasteiger partial charge in [0.25, 0.3) is 0 Å². The number of aldehydes is 1. The van der Waals surface area contributed by atoms with Crippen LogP contribution in [-0.4, -0.2) is 12.2 Å². The van der Waals surface area contributed by atoms with Gasteiger partial charge in [-0.1, -0.05) is 44.2 Å². The van der Waals surface area contributed by atoms with Gasteiger partial charge in [-0.15, -0.1) is 0 Å². The second-order valence-electron chi connectivity index (χ2n) is 5.79. The minimum atomic E-state index is -0.0902. The Hall–Kier alpha value is -2.62. The Kier molecular flexibility index (Phi) is 5.92. The first kappa shape index (κ1) is 16.7. The molecule has 0 saturated carbocycles. The molecule has 0 radical (unpaired) electrons. The van der Waals surface area contributed by atoms with Crippen molar-refractivity contribution in [3.05, 3.63) is 59.7 Å². The van der Waals surface area contributed by atoms with Gasteiger partial charge in [-0.05, 0) is 29.7 Å². The Labute approximate surface area is 136 Å². The molecule has 4 nitrogen and oxygen atoms in total. The summed E-state index contributed by atoms with van der Waals surface area (Å²) in [6.07, 6.45) is 1.17. The molecule has 0 atom stereocenters. The fourth-order valence-corrected chi connectivity index (χ4v) is 2.15. The summed E-state index contributed by atoms with van der Waals surface area (Å²) in [7, 11) is 0. The molecule has 0 aromatic heterocycles. The predicted octanol–water partition coefficient (Wildman–Crippen LogP) is 4.06. The number of carbonyl (C=O) groups is 2. The number of ether oxygens (including phenoxy) is 1. The molecule has 1 N–H and O–H groups in total.